The SMILES string of the molecule is C\C=C/C(Cl)=C\C(=C\Nc1ccc2c(c1)n(C)c(=O)n2Cc1ccccc1)C(=O)O. The van der Waals surface area contributed by atoms with Crippen molar-refractivity contribution in [2.45, 2.75) is 13.5 Å². The minimum atomic E-state index is -1.10. The van der Waals surface area contributed by atoms with Gasteiger partial charge in [0.2, 0.25) is 0 Å². The maximum Gasteiger partial charge on any atom is 0.337 e. The lowest BCUT2D eigenvalue weighted by Crippen LogP contribution is -2.22. The number of nitrogens with one attached hydrogen (secondary N) is 1. The molecule has 0 aliphatic rings. The molecule has 0 saturated carbocycles. The van der Waals surface area contributed by atoms with Crippen molar-refractivity contribution >= 4 is 34.3 Å². The second-order valence-electron chi connectivity index (χ2n) is 6.70. The first-order valence-electron chi connectivity index (χ1n) is 9.34. The third kappa shape index (κ3) is 4.72. The molecule has 154 valence electrons. The molecule has 0 fully saturated rings. The van der Waals surface area contributed by atoms with Crippen molar-refractivity contribution in [3.8, 4) is 0 Å². The molecule has 3 rings (SSSR count). The van der Waals surface area contributed by atoms with Crippen LogP contribution in [0, 0.1) is 0 Å². The second-order valence-corrected chi connectivity index (χ2v) is 7.13. The van der Waals surface area contributed by atoms with Crippen LogP contribution in [0.25, 0.3) is 11.0 Å². The Morgan fingerprint density at radius 2 is 1.90 bits per heavy atom. The number of hydrogen-bond acceptors (Lipinski definition) is 3. The van der Waals surface area contributed by atoms with Crippen molar-refractivity contribution < 1.29 is 9.90 Å². The fraction of sp³-hybridized carbons (Fsp3) is 0.130. The number of benzene rings is 2. The van der Waals surface area contributed by atoms with Crippen LogP contribution in [0.1, 0.15) is 12.5 Å². The van der Waals surface area contributed by atoms with E-state index in [0.29, 0.717) is 17.3 Å². The van der Waals surface area contributed by atoms with E-state index in [9.17, 15) is 14.7 Å². The van der Waals surface area contributed by atoms with E-state index >= 15 is 0 Å². The van der Waals surface area contributed by atoms with Gasteiger partial charge >= 0.3 is 11.7 Å². The number of aryl methyl sites for hydroxylation is 1. The molecule has 1 aromatic heterocycles. The standard InChI is InChI=1S/C23H22ClN3O3/c1-3-7-18(24)12-17(22(28)29)14-25-19-10-11-20-21(13-19)26(2)23(30)27(20)15-16-8-5-4-6-9-16/h3-14,25H,15H2,1-2H3,(H,28,29)/b7-3-,17-14-,18-12+. The van der Waals surface area contributed by atoms with Gasteiger partial charge in [-0.1, -0.05) is 48.0 Å². The van der Waals surface area contributed by atoms with Gasteiger partial charge in [0.25, 0.3) is 0 Å². The minimum Gasteiger partial charge on any atom is -0.478 e. The highest BCUT2D eigenvalue weighted by Crippen LogP contribution is 2.20. The van der Waals surface area contributed by atoms with Crippen molar-refractivity contribution in [1.29, 1.82) is 0 Å². The fourth-order valence-corrected chi connectivity index (χ4v) is 3.34. The van der Waals surface area contributed by atoms with Crippen molar-refractivity contribution in [3.05, 3.63) is 99.6 Å². The minimum absolute atomic E-state index is 0.00809. The monoisotopic (exact) mass is 423 g/mol. The normalized spacial score (nSPS) is 12.6. The summed E-state index contributed by atoms with van der Waals surface area (Å²) in [5, 5.41) is 12.7. The molecule has 0 amide bonds. The van der Waals surface area contributed by atoms with Crippen LogP contribution in [-0.4, -0.2) is 20.2 Å². The van der Waals surface area contributed by atoms with E-state index in [2.05, 4.69) is 5.32 Å². The van der Waals surface area contributed by atoms with Crippen LogP contribution in [0.4, 0.5) is 5.69 Å². The number of anilines is 1. The Kier molecular flexibility index (Phi) is 6.59. The molecule has 6 nitrogen and oxygen atoms in total. The summed E-state index contributed by atoms with van der Waals surface area (Å²) in [5.41, 5.74) is 3.13. The number of carboxylic acids is 1. The second kappa shape index (κ2) is 9.33. The van der Waals surface area contributed by atoms with Gasteiger partial charge in [0, 0.05) is 24.0 Å². The van der Waals surface area contributed by atoms with Crippen molar-refractivity contribution in [3.63, 3.8) is 0 Å². The van der Waals surface area contributed by atoms with Crippen LogP contribution >= 0.6 is 11.6 Å². The summed E-state index contributed by atoms with van der Waals surface area (Å²) in [5.74, 6) is -1.10. The molecule has 0 aliphatic carbocycles. The summed E-state index contributed by atoms with van der Waals surface area (Å²) in [6, 6.07) is 15.2. The number of halogens is 1. The number of nitrogens with zero attached hydrogens (tertiary/aromatic N) is 2. The highest BCUT2D eigenvalue weighted by molar-refractivity contribution is 6.31. The first kappa shape index (κ1) is 21.2. The largest absolute Gasteiger partial charge is 0.478 e. The van der Waals surface area contributed by atoms with E-state index in [1.165, 1.54) is 12.3 Å². The van der Waals surface area contributed by atoms with E-state index < -0.39 is 5.97 Å². The lowest BCUT2D eigenvalue weighted by molar-refractivity contribution is -0.132. The molecule has 30 heavy (non-hydrogen) atoms. The topological polar surface area (TPSA) is 76.3 Å². The summed E-state index contributed by atoms with van der Waals surface area (Å²) in [4.78, 5) is 24.2. The third-order valence-electron chi connectivity index (χ3n) is 4.59. The summed E-state index contributed by atoms with van der Waals surface area (Å²) in [6.45, 7) is 2.27. The zero-order valence-electron chi connectivity index (χ0n) is 16.7. The number of aromatic nitrogens is 2. The van der Waals surface area contributed by atoms with E-state index in [-0.39, 0.29) is 11.3 Å². The number of aliphatic carboxylic acids is 1. The number of carboxylic acid groups (broad SMARTS) is 1. The third-order valence-corrected chi connectivity index (χ3v) is 4.82. The van der Waals surface area contributed by atoms with Crippen LogP contribution in [0.2, 0.25) is 0 Å². The molecule has 2 N–H and O–H groups in total. The van der Waals surface area contributed by atoms with Gasteiger partial charge in [-0.15, -0.1) is 0 Å². The first-order chi connectivity index (χ1) is 14.4. The molecule has 0 unspecified atom stereocenters. The molecule has 0 radical (unpaired) electrons. The molecule has 0 bridgehead atoms. The van der Waals surface area contributed by atoms with E-state index in [1.807, 2.05) is 42.5 Å². The van der Waals surface area contributed by atoms with Crippen LogP contribution < -0.4 is 11.0 Å². The first-order valence-corrected chi connectivity index (χ1v) is 9.71. The Morgan fingerprint density at radius 3 is 2.57 bits per heavy atom. The highest BCUT2D eigenvalue weighted by atomic mass is 35.5. The quantitative estimate of drug-likeness (QED) is 0.434. The number of hydrogen-bond donors (Lipinski definition) is 2. The molecular formula is C23H22ClN3O3. The van der Waals surface area contributed by atoms with Gasteiger partial charge in [0.1, 0.15) is 0 Å². The van der Waals surface area contributed by atoms with Gasteiger partial charge in [-0.25, -0.2) is 9.59 Å². The predicted molar refractivity (Wildman–Crippen MR) is 121 cm³/mol. The smallest absolute Gasteiger partial charge is 0.337 e. The maximum atomic E-state index is 12.7. The summed E-state index contributed by atoms with van der Waals surface area (Å²) in [6.07, 6.45) is 6.06. The molecule has 3 aromatic rings. The summed E-state index contributed by atoms with van der Waals surface area (Å²) < 4.78 is 3.29. The van der Waals surface area contributed by atoms with Crippen molar-refractivity contribution in [2.75, 3.05) is 5.32 Å². The zero-order chi connectivity index (χ0) is 21.7. The van der Waals surface area contributed by atoms with Crippen molar-refractivity contribution in [1.82, 2.24) is 9.13 Å². The summed E-state index contributed by atoms with van der Waals surface area (Å²) >= 11 is 5.99. The van der Waals surface area contributed by atoms with Crippen LogP contribution in [0.3, 0.4) is 0 Å². The number of carbonyl (C=O) groups is 1. The number of allylic oxidation sites excluding steroid dienone is 3. The number of imidazole rings is 1. The Bertz CT molecular complexity index is 1220. The number of rotatable bonds is 7. The summed E-state index contributed by atoms with van der Waals surface area (Å²) in [7, 11) is 1.72. The van der Waals surface area contributed by atoms with Crippen molar-refractivity contribution in [2.24, 2.45) is 7.05 Å². The molecule has 0 saturated heterocycles. The van der Waals surface area contributed by atoms with Crippen LogP contribution in [0.5, 0.6) is 0 Å². The van der Waals surface area contributed by atoms with Gasteiger partial charge in [-0.3, -0.25) is 9.13 Å². The molecule has 0 aliphatic heterocycles. The van der Waals surface area contributed by atoms with Crippen LogP contribution in [0.15, 0.2) is 88.4 Å². The van der Waals surface area contributed by atoms with E-state index in [0.717, 1.165) is 16.6 Å². The predicted octanol–water partition coefficient (Wildman–Crippen LogP) is 4.47. The molecule has 2 aromatic carbocycles. The molecule has 1 heterocycles. The Hall–Kier alpha value is -3.51. The lowest BCUT2D eigenvalue weighted by Gasteiger charge is -2.06. The molecule has 0 spiro atoms. The highest BCUT2D eigenvalue weighted by Gasteiger charge is 2.12. The average Bonchev–Trinajstić information content (AvgIpc) is 2.96. The van der Waals surface area contributed by atoms with Gasteiger partial charge in [0.15, 0.2) is 0 Å². The van der Waals surface area contributed by atoms with E-state index in [1.54, 1.807) is 41.3 Å². The lowest BCUT2D eigenvalue weighted by atomic mass is 10.2. The molecule has 7 heteroatoms. The van der Waals surface area contributed by atoms with Crippen LogP contribution in [-0.2, 0) is 18.4 Å². The Balaban J connectivity index is 1.94. The zero-order valence-corrected chi connectivity index (χ0v) is 17.4. The Morgan fingerprint density at radius 1 is 1.17 bits per heavy atom. The van der Waals surface area contributed by atoms with Gasteiger partial charge in [-0.05, 0) is 42.8 Å². The average molecular weight is 424 g/mol. The number of fused-ring (bicyclic) bond motifs is 1. The van der Waals surface area contributed by atoms with Gasteiger partial charge in [0.05, 0.1) is 23.2 Å². The van der Waals surface area contributed by atoms with Gasteiger partial charge in [-0.2, -0.15) is 0 Å². The Labute approximate surface area is 179 Å². The molecular weight excluding hydrogens is 402 g/mol. The molecule has 0 atom stereocenters. The maximum absolute atomic E-state index is 12.7. The fourth-order valence-electron chi connectivity index (χ4n) is 3.10. The van der Waals surface area contributed by atoms with E-state index in [4.69, 9.17) is 11.6 Å². The van der Waals surface area contributed by atoms with Gasteiger partial charge < -0.3 is 10.4 Å².